The number of aromatic nitrogens is 3. The Hall–Kier alpha value is -2.89. The van der Waals surface area contributed by atoms with Gasteiger partial charge in [0.15, 0.2) is 0 Å². The molecule has 0 atom stereocenters. The van der Waals surface area contributed by atoms with Crippen LogP contribution in [0.1, 0.15) is 62.2 Å². The van der Waals surface area contributed by atoms with Gasteiger partial charge in [-0.2, -0.15) is 0 Å². The summed E-state index contributed by atoms with van der Waals surface area (Å²) in [7, 11) is 0. The van der Waals surface area contributed by atoms with E-state index in [1.54, 1.807) is 24.3 Å². The molecule has 0 aliphatic carbocycles. The fourth-order valence-electron chi connectivity index (χ4n) is 3.35. The summed E-state index contributed by atoms with van der Waals surface area (Å²) in [6, 6.07) is 14.8. The first kappa shape index (κ1) is 20.8. The molecular weight excluding hydrogens is 366 g/mol. The predicted octanol–water partition coefficient (Wildman–Crippen LogP) is 4.68. The van der Waals surface area contributed by atoms with Crippen molar-refractivity contribution in [2.24, 2.45) is 0 Å². The normalized spacial score (nSPS) is 11.1. The van der Waals surface area contributed by atoms with Crippen LogP contribution in [-0.2, 0) is 6.42 Å². The van der Waals surface area contributed by atoms with E-state index in [1.165, 1.54) is 36.8 Å². The van der Waals surface area contributed by atoms with Gasteiger partial charge in [0.05, 0.1) is 13.0 Å². The highest BCUT2D eigenvalue weighted by molar-refractivity contribution is 5.87. The number of nitrogens with zero attached hydrogens (tertiary/aromatic N) is 3. The molecule has 0 amide bonds. The fourth-order valence-corrected chi connectivity index (χ4v) is 3.35. The lowest BCUT2D eigenvalue weighted by Crippen LogP contribution is -2.30. The molecule has 6 heteroatoms. The summed E-state index contributed by atoms with van der Waals surface area (Å²) in [4.78, 5) is 13.0. The second-order valence-electron chi connectivity index (χ2n) is 7.32. The second kappa shape index (κ2) is 10.6. The van der Waals surface area contributed by atoms with Crippen LogP contribution in [-0.4, -0.2) is 22.4 Å². The number of carbonyl (C=O) groups is 1. The van der Waals surface area contributed by atoms with E-state index in [1.807, 2.05) is 24.3 Å². The summed E-state index contributed by atoms with van der Waals surface area (Å²) in [6.45, 7) is 2.97. The standard InChI is InChI=1S/C23H29N3O3/c1-2-3-4-5-6-9-18-29-20-15-12-19(13-16-20)14-17-23(27)25-21-10-7-8-11-22(21)26(28)24-25/h7-8,10-13,15-16H,2-6,9,14,17-18H2,1H3. The van der Waals surface area contributed by atoms with Gasteiger partial charge in [-0.3, -0.25) is 0 Å². The zero-order valence-corrected chi connectivity index (χ0v) is 17.0. The van der Waals surface area contributed by atoms with Crippen molar-refractivity contribution >= 4 is 16.9 Å². The average Bonchev–Trinajstić information content (AvgIpc) is 3.09. The number of benzene rings is 2. The van der Waals surface area contributed by atoms with Crippen molar-refractivity contribution in [3.63, 3.8) is 0 Å². The lowest BCUT2D eigenvalue weighted by Gasteiger charge is -2.07. The average molecular weight is 396 g/mol. The molecule has 0 unspecified atom stereocenters. The molecule has 154 valence electrons. The van der Waals surface area contributed by atoms with Crippen LogP contribution < -0.4 is 9.58 Å². The van der Waals surface area contributed by atoms with Crippen molar-refractivity contribution in [3.8, 4) is 5.75 Å². The molecule has 0 aliphatic rings. The van der Waals surface area contributed by atoms with Gasteiger partial charge in [0.2, 0.25) is 11.0 Å². The van der Waals surface area contributed by atoms with Crippen molar-refractivity contribution in [3.05, 3.63) is 59.3 Å². The third-order valence-electron chi connectivity index (χ3n) is 5.04. The van der Waals surface area contributed by atoms with Gasteiger partial charge >= 0.3 is 5.91 Å². The Morgan fingerprint density at radius 3 is 2.55 bits per heavy atom. The number of fused-ring (bicyclic) bond motifs is 1. The smallest absolute Gasteiger partial charge is 0.335 e. The summed E-state index contributed by atoms with van der Waals surface area (Å²) >= 11 is 0. The maximum absolute atomic E-state index is 12.5. The Kier molecular flexibility index (Phi) is 7.61. The van der Waals surface area contributed by atoms with Gasteiger partial charge in [-0.05, 0) is 42.7 Å². The van der Waals surface area contributed by atoms with E-state index in [-0.39, 0.29) is 12.3 Å². The number of para-hydroxylation sites is 2. The first-order valence-corrected chi connectivity index (χ1v) is 10.5. The van der Waals surface area contributed by atoms with Gasteiger partial charge in [-0.25, -0.2) is 4.79 Å². The molecular formula is C23H29N3O3. The maximum atomic E-state index is 12.5. The minimum Gasteiger partial charge on any atom is -0.691 e. The lowest BCUT2D eigenvalue weighted by atomic mass is 10.1. The van der Waals surface area contributed by atoms with Crippen molar-refractivity contribution in [1.29, 1.82) is 0 Å². The Morgan fingerprint density at radius 2 is 1.76 bits per heavy atom. The third-order valence-corrected chi connectivity index (χ3v) is 5.04. The van der Waals surface area contributed by atoms with E-state index in [4.69, 9.17) is 4.74 Å². The second-order valence-corrected chi connectivity index (χ2v) is 7.32. The first-order chi connectivity index (χ1) is 14.2. The molecule has 0 aliphatic heterocycles. The fraction of sp³-hybridized carbons (Fsp3) is 0.435. The van der Waals surface area contributed by atoms with Crippen LogP contribution in [0, 0.1) is 5.21 Å². The van der Waals surface area contributed by atoms with Crippen LogP contribution in [0.5, 0.6) is 5.75 Å². The van der Waals surface area contributed by atoms with Crippen molar-refractivity contribution in [2.75, 3.05) is 6.61 Å². The largest absolute Gasteiger partial charge is 0.691 e. The molecule has 0 bridgehead atoms. The maximum Gasteiger partial charge on any atom is 0.335 e. The van der Waals surface area contributed by atoms with Crippen LogP contribution in [0.3, 0.4) is 0 Å². The summed E-state index contributed by atoms with van der Waals surface area (Å²) in [5.41, 5.74) is 1.98. The van der Waals surface area contributed by atoms with E-state index in [0.29, 0.717) is 22.3 Å². The zero-order chi connectivity index (χ0) is 20.5. The van der Waals surface area contributed by atoms with Gasteiger partial charge in [-0.1, -0.05) is 68.0 Å². The summed E-state index contributed by atoms with van der Waals surface area (Å²) in [6.07, 6.45) is 8.34. The Labute approximate surface area is 171 Å². The summed E-state index contributed by atoms with van der Waals surface area (Å²) < 4.78 is 6.99. The van der Waals surface area contributed by atoms with E-state index < -0.39 is 0 Å². The highest BCUT2D eigenvalue weighted by Gasteiger charge is 2.20. The van der Waals surface area contributed by atoms with Crippen LogP contribution in [0.15, 0.2) is 48.5 Å². The number of ether oxygens (including phenoxy) is 1. The first-order valence-electron chi connectivity index (χ1n) is 10.5. The highest BCUT2D eigenvalue weighted by Crippen LogP contribution is 2.15. The van der Waals surface area contributed by atoms with Crippen molar-refractivity contribution in [1.82, 2.24) is 9.90 Å². The molecule has 3 aromatic rings. The van der Waals surface area contributed by atoms with Gasteiger partial charge in [0.25, 0.3) is 0 Å². The monoisotopic (exact) mass is 395 g/mol. The number of unbranched alkanes of at least 4 members (excludes halogenated alkanes) is 5. The molecule has 1 aromatic heterocycles. The van der Waals surface area contributed by atoms with E-state index in [9.17, 15) is 10.0 Å². The van der Waals surface area contributed by atoms with Crippen LogP contribution in [0.4, 0.5) is 0 Å². The topological polar surface area (TPSA) is 71.1 Å². The summed E-state index contributed by atoms with van der Waals surface area (Å²) in [5, 5.41) is 15.6. The van der Waals surface area contributed by atoms with E-state index in [2.05, 4.69) is 12.1 Å². The minimum absolute atomic E-state index is 0.195. The summed E-state index contributed by atoms with van der Waals surface area (Å²) in [5.74, 6) is 0.665. The van der Waals surface area contributed by atoms with Crippen LogP contribution >= 0.6 is 0 Å². The molecule has 3 rings (SSSR count). The number of carbonyl (C=O) groups excluding carboxylic acids is 1. The van der Waals surface area contributed by atoms with Gasteiger partial charge in [-0.15, -0.1) is 4.85 Å². The predicted molar refractivity (Wildman–Crippen MR) is 113 cm³/mol. The SMILES string of the molecule is CCCCCCCCOc1ccc(CCC(=O)n2n[n+]([O-])c3ccccc32)cc1. The Morgan fingerprint density at radius 1 is 1.03 bits per heavy atom. The van der Waals surface area contributed by atoms with Gasteiger partial charge < -0.3 is 9.94 Å². The number of rotatable bonds is 11. The minimum atomic E-state index is -0.195. The Balaban J connectivity index is 1.44. The molecule has 0 saturated heterocycles. The van der Waals surface area contributed by atoms with Crippen LogP contribution in [0.25, 0.3) is 11.0 Å². The number of hydrogen-bond donors (Lipinski definition) is 0. The molecule has 2 aromatic carbocycles. The molecule has 1 heterocycles. The molecule has 0 radical (unpaired) electrons. The molecule has 0 fully saturated rings. The van der Waals surface area contributed by atoms with Crippen molar-refractivity contribution < 1.29 is 14.4 Å². The van der Waals surface area contributed by atoms with E-state index in [0.717, 1.165) is 24.3 Å². The van der Waals surface area contributed by atoms with E-state index >= 15 is 0 Å². The lowest BCUT2D eigenvalue weighted by molar-refractivity contribution is -0.645. The molecule has 29 heavy (non-hydrogen) atoms. The third kappa shape index (κ3) is 5.79. The molecule has 0 spiro atoms. The molecule has 0 saturated carbocycles. The molecule has 0 N–H and O–H groups in total. The number of hydrogen-bond acceptors (Lipinski definition) is 4. The zero-order valence-electron chi connectivity index (χ0n) is 17.0. The van der Waals surface area contributed by atoms with Gasteiger partial charge in [0.1, 0.15) is 11.0 Å². The Bertz CT molecular complexity index is 919. The quantitative estimate of drug-likeness (QED) is 0.268. The molecule has 6 nitrogen and oxygen atoms in total. The van der Waals surface area contributed by atoms with Crippen molar-refractivity contribution in [2.45, 2.75) is 58.3 Å². The van der Waals surface area contributed by atoms with Gasteiger partial charge in [0, 0.05) is 0 Å². The highest BCUT2D eigenvalue weighted by atomic mass is 16.5. The van der Waals surface area contributed by atoms with Crippen LogP contribution in [0.2, 0.25) is 0 Å². The number of aryl methyl sites for hydroxylation is 1.